The van der Waals surface area contributed by atoms with Gasteiger partial charge in [-0.05, 0) is 67.0 Å². The molecule has 0 aromatic carbocycles. The molecule has 2 aliphatic rings. The quantitative estimate of drug-likeness (QED) is 0.867. The van der Waals surface area contributed by atoms with Gasteiger partial charge in [-0.15, -0.1) is 0 Å². The second kappa shape index (κ2) is 5.50. The third-order valence-corrected chi connectivity index (χ3v) is 6.10. The zero-order valence-corrected chi connectivity index (χ0v) is 15.2. The van der Waals surface area contributed by atoms with Crippen molar-refractivity contribution in [2.24, 2.45) is 17.6 Å². The Balaban J connectivity index is 2.29. The Kier molecular flexibility index (Phi) is 4.52. The molecule has 0 amide bonds. The Hall–Kier alpha value is -0.120. The molecule has 1 saturated carbocycles. The molecule has 1 aliphatic carbocycles. The first-order valence-corrected chi connectivity index (χ1v) is 8.63. The summed E-state index contributed by atoms with van der Waals surface area (Å²) in [5, 5.41) is 0. The van der Waals surface area contributed by atoms with Gasteiger partial charge in [-0.25, -0.2) is 0 Å². The van der Waals surface area contributed by atoms with Crippen LogP contribution >= 0.6 is 0 Å². The fourth-order valence-electron chi connectivity index (χ4n) is 5.11. The number of nitrogens with zero attached hydrogens (tertiary/aromatic N) is 1. The maximum atomic E-state index is 6.93. The molecule has 4 atom stereocenters. The van der Waals surface area contributed by atoms with Gasteiger partial charge < -0.3 is 15.4 Å². The number of hydrogen-bond donors (Lipinski definition) is 1. The van der Waals surface area contributed by atoms with Crippen molar-refractivity contribution in [1.82, 2.24) is 4.90 Å². The fourth-order valence-corrected chi connectivity index (χ4v) is 5.11. The Bertz CT molecular complexity index is 377. The van der Waals surface area contributed by atoms with E-state index in [1.165, 1.54) is 25.7 Å². The van der Waals surface area contributed by atoms with E-state index < -0.39 is 0 Å². The topological polar surface area (TPSA) is 38.5 Å². The number of hydrogen-bond acceptors (Lipinski definition) is 3. The number of rotatable bonds is 3. The number of nitrogens with two attached hydrogens (primary N) is 1. The maximum Gasteiger partial charge on any atom is 0.0678 e. The molecule has 21 heavy (non-hydrogen) atoms. The minimum absolute atomic E-state index is 0.0560. The third-order valence-electron chi connectivity index (χ3n) is 6.10. The van der Waals surface area contributed by atoms with E-state index in [1.54, 1.807) is 0 Å². The second-order valence-electron chi connectivity index (χ2n) is 9.00. The van der Waals surface area contributed by atoms with E-state index >= 15 is 0 Å². The van der Waals surface area contributed by atoms with Gasteiger partial charge in [-0.1, -0.05) is 19.8 Å². The molecule has 2 N–H and O–H groups in total. The Morgan fingerprint density at radius 3 is 2.19 bits per heavy atom. The molecule has 1 heterocycles. The van der Waals surface area contributed by atoms with Gasteiger partial charge in [0.15, 0.2) is 0 Å². The smallest absolute Gasteiger partial charge is 0.0678 e. The molecular formula is C18H36N2O. The summed E-state index contributed by atoms with van der Waals surface area (Å²) >= 11 is 0. The lowest BCUT2D eigenvalue weighted by Crippen LogP contribution is -2.64. The summed E-state index contributed by atoms with van der Waals surface area (Å²) in [6, 6.07) is 0.173. The highest BCUT2D eigenvalue weighted by Crippen LogP contribution is 2.48. The molecular weight excluding hydrogens is 260 g/mol. The summed E-state index contributed by atoms with van der Waals surface area (Å²) in [5.41, 5.74) is 6.87. The highest BCUT2D eigenvalue weighted by atomic mass is 16.5. The molecule has 2 fully saturated rings. The second-order valence-corrected chi connectivity index (χ2v) is 9.00. The van der Waals surface area contributed by atoms with Gasteiger partial charge in [-0.3, -0.25) is 0 Å². The van der Waals surface area contributed by atoms with Gasteiger partial charge in [0.2, 0.25) is 0 Å². The van der Waals surface area contributed by atoms with Crippen LogP contribution in [0.25, 0.3) is 0 Å². The molecule has 0 aromatic rings. The lowest BCUT2D eigenvalue weighted by Gasteiger charge is -2.52. The van der Waals surface area contributed by atoms with E-state index in [2.05, 4.69) is 53.6 Å². The predicted molar refractivity (Wildman–Crippen MR) is 89.4 cm³/mol. The molecule has 0 bridgehead atoms. The van der Waals surface area contributed by atoms with Gasteiger partial charge in [0, 0.05) is 17.5 Å². The maximum absolute atomic E-state index is 6.93. The zero-order valence-electron chi connectivity index (χ0n) is 15.2. The van der Waals surface area contributed by atoms with Gasteiger partial charge in [0.1, 0.15) is 0 Å². The molecule has 0 spiro atoms. The van der Waals surface area contributed by atoms with Crippen molar-refractivity contribution in [3.05, 3.63) is 0 Å². The molecule has 124 valence electrons. The number of likely N-dealkylation sites (N-methyl/N-ethyl adjacent to an activating group) is 1. The van der Waals surface area contributed by atoms with E-state index in [1.807, 2.05) is 0 Å². The van der Waals surface area contributed by atoms with Gasteiger partial charge in [0.25, 0.3) is 0 Å². The van der Waals surface area contributed by atoms with E-state index in [9.17, 15) is 0 Å². The minimum Gasteiger partial charge on any atom is -0.369 e. The summed E-state index contributed by atoms with van der Waals surface area (Å²) in [6.45, 7) is 11.2. The molecule has 3 heteroatoms. The molecule has 1 aliphatic heterocycles. The van der Waals surface area contributed by atoms with Crippen LogP contribution in [0.4, 0.5) is 0 Å². The van der Waals surface area contributed by atoms with E-state index in [4.69, 9.17) is 10.5 Å². The standard InChI is InChI=1S/C18H36N2O/c1-13-9-8-10-18(11-13,20(6)7)15(19)14-12-16(2,3)21-17(14,4)5/h13-15H,8-12,19H2,1-7H3. The molecule has 4 unspecified atom stereocenters. The van der Waals surface area contributed by atoms with E-state index in [0.29, 0.717) is 5.92 Å². The third kappa shape index (κ3) is 3.16. The molecule has 1 saturated heterocycles. The SMILES string of the molecule is CC1CCCC(C(N)C2CC(C)(C)OC2(C)C)(N(C)C)C1. The summed E-state index contributed by atoms with van der Waals surface area (Å²) in [5.74, 6) is 1.19. The van der Waals surface area contributed by atoms with Crippen molar-refractivity contribution in [3.8, 4) is 0 Å². The highest BCUT2D eigenvalue weighted by molar-refractivity contribution is 5.09. The summed E-state index contributed by atoms with van der Waals surface area (Å²) in [6.07, 6.45) is 6.14. The lowest BCUT2D eigenvalue weighted by atomic mass is 9.65. The van der Waals surface area contributed by atoms with Crippen molar-refractivity contribution < 1.29 is 4.74 Å². The first-order chi connectivity index (χ1) is 9.50. The van der Waals surface area contributed by atoms with Crippen LogP contribution in [0.1, 0.15) is 66.7 Å². The van der Waals surface area contributed by atoms with Crippen molar-refractivity contribution >= 4 is 0 Å². The van der Waals surface area contributed by atoms with Crippen molar-refractivity contribution in [2.75, 3.05) is 14.1 Å². The molecule has 0 radical (unpaired) electrons. The summed E-state index contributed by atoms with van der Waals surface area (Å²) in [7, 11) is 4.43. The van der Waals surface area contributed by atoms with Gasteiger partial charge >= 0.3 is 0 Å². The van der Waals surface area contributed by atoms with Gasteiger partial charge in [-0.2, -0.15) is 0 Å². The minimum atomic E-state index is -0.132. The Labute approximate surface area is 131 Å². The van der Waals surface area contributed by atoms with Gasteiger partial charge in [0.05, 0.1) is 11.2 Å². The largest absolute Gasteiger partial charge is 0.369 e. The van der Waals surface area contributed by atoms with Crippen LogP contribution in [0.3, 0.4) is 0 Å². The average Bonchev–Trinajstić information content (AvgIpc) is 2.55. The molecule has 0 aromatic heterocycles. The normalized spacial score (nSPS) is 40.4. The first kappa shape index (κ1) is 17.2. The van der Waals surface area contributed by atoms with Crippen LogP contribution in [0.2, 0.25) is 0 Å². The summed E-state index contributed by atoms with van der Waals surface area (Å²) < 4.78 is 6.31. The van der Waals surface area contributed by atoms with Crippen molar-refractivity contribution in [3.63, 3.8) is 0 Å². The Morgan fingerprint density at radius 2 is 1.76 bits per heavy atom. The van der Waals surface area contributed by atoms with Crippen LogP contribution in [-0.4, -0.2) is 41.8 Å². The molecule has 2 rings (SSSR count). The first-order valence-electron chi connectivity index (χ1n) is 8.63. The van der Waals surface area contributed by atoms with E-state index in [-0.39, 0.29) is 22.8 Å². The van der Waals surface area contributed by atoms with Crippen LogP contribution in [0, 0.1) is 11.8 Å². The number of ether oxygens (including phenoxy) is 1. The zero-order chi connectivity index (χ0) is 16.1. The van der Waals surface area contributed by atoms with Crippen LogP contribution in [0.5, 0.6) is 0 Å². The molecule has 3 nitrogen and oxygen atoms in total. The Morgan fingerprint density at radius 1 is 1.14 bits per heavy atom. The van der Waals surface area contributed by atoms with Crippen LogP contribution in [-0.2, 0) is 4.74 Å². The average molecular weight is 296 g/mol. The fraction of sp³-hybridized carbons (Fsp3) is 1.00. The summed E-state index contributed by atoms with van der Waals surface area (Å²) in [4.78, 5) is 2.41. The van der Waals surface area contributed by atoms with E-state index in [0.717, 1.165) is 12.3 Å². The van der Waals surface area contributed by atoms with Crippen LogP contribution in [0.15, 0.2) is 0 Å². The van der Waals surface area contributed by atoms with Crippen molar-refractivity contribution in [2.45, 2.75) is 89.5 Å². The monoisotopic (exact) mass is 296 g/mol. The van der Waals surface area contributed by atoms with Crippen LogP contribution < -0.4 is 5.73 Å². The predicted octanol–water partition coefficient (Wildman–Crippen LogP) is 3.42. The van der Waals surface area contributed by atoms with Crippen molar-refractivity contribution in [1.29, 1.82) is 0 Å². The lowest BCUT2D eigenvalue weighted by molar-refractivity contribution is -0.0851. The highest BCUT2D eigenvalue weighted by Gasteiger charge is 2.54.